The number of ether oxygens (including phenoxy) is 1. The summed E-state index contributed by atoms with van der Waals surface area (Å²) in [6.45, 7) is 0. The summed E-state index contributed by atoms with van der Waals surface area (Å²) in [4.78, 5) is 0. The van der Waals surface area contributed by atoms with Gasteiger partial charge in [-0.3, -0.25) is 4.68 Å². The minimum absolute atomic E-state index is 0.0585. The van der Waals surface area contributed by atoms with Crippen molar-refractivity contribution >= 4 is 0 Å². The third-order valence-corrected chi connectivity index (χ3v) is 3.85. The van der Waals surface area contributed by atoms with Crippen LogP contribution in [0.2, 0.25) is 0 Å². The zero-order valence-electron chi connectivity index (χ0n) is 10.8. The topological polar surface area (TPSA) is 53.1 Å². The van der Waals surface area contributed by atoms with Crippen molar-refractivity contribution in [3.05, 3.63) is 18.0 Å². The van der Waals surface area contributed by atoms with E-state index >= 15 is 0 Å². The van der Waals surface area contributed by atoms with Gasteiger partial charge in [-0.05, 0) is 18.8 Å². The lowest BCUT2D eigenvalue weighted by atomic mass is 9.81. The van der Waals surface area contributed by atoms with Crippen molar-refractivity contribution in [1.29, 1.82) is 0 Å². The molecule has 2 N–H and O–H groups in total. The molecule has 0 bridgehead atoms. The van der Waals surface area contributed by atoms with Gasteiger partial charge in [0.05, 0.1) is 18.3 Å². The highest BCUT2D eigenvalue weighted by molar-refractivity contribution is 5.12. The molecule has 1 aromatic rings. The Morgan fingerprint density at radius 3 is 2.65 bits per heavy atom. The van der Waals surface area contributed by atoms with Gasteiger partial charge in [0, 0.05) is 25.9 Å². The molecule has 17 heavy (non-hydrogen) atoms. The van der Waals surface area contributed by atoms with Crippen molar-refractivity contribution in [1.82, 2.24) is 9.78 Å². The minimum atomic E-state index is -0.0585. The molecule has 4 nitrogen and oxygen atoms in total. The third kappa shape index (κ3) is 2.87. The van der Waals surface area contributed by atoms with Crippen LogP contribution in [0.5, 0.6) is 0 Å². The standard InChI is InChI=1S/C13H23N3O/c1-16-9-11(8-15-16)12(14)13(17-2)10-6-4-3-5-7-10/h8-10,12-13H,3-7,14H2,1-2H3. The van der Waals surface area contributed by atoms with Crippen LogP contribution < -0.4 is 5.73 Å². The normalized spacial score (nSPS) is 21.4. The van der Waals surface area contributed by atoms with Crippen LogP contribution >= 0.6 is 0 Å². The highest BCUT2D eigenvalue weighted by atomic mass is 16.5. The number of nitrogens with zero attached hydrogens (tertiary/aromatic N) is 2. The van der Waals surface area contributed by atoms with Crippen LogP contribution in [0.4, 0.5) is 0 Å². The fourth-order valence-electron chi connectivity index (χ4n) is 2.90. The summed E-state index contributed by atoms with van der Waals surface area (Å²) in [6.07, 6.45) is 10.4. The van der Waals surface area contributed by atoms with Gasteiger partial charge in [0.2, 0.25) is 0 Å². The van der Waals surface area contributed by atoms with Crippen molar-refractivity contribution in [2.24, 2.45) is 18.7 Å². The second-order valence-electron chi connectivity index (χ2n) is 5.07. The summed E-state index contributed by atoms with van der Waals surface area (Å²) < 4.78 is 7.45. The van der Waals surface area contributed by atoms with E-state index in [1.54, 1.807) is 11.8 Å². The highest BCUT2D eigenvalue weighted by Crippen LogP contribution is 2.32. The predicted molar refractivity (Wildman–Crippen MR) is 67.5 cm³/mol. The van der Waals surface area contributed by atoms with Crippen LogP contribution in [0.15, 0.2) is 12.4 Å². The zero-order valence-corrected chi connectivity index (χ0v) is 10.8. The van der Waals surface area contributed by atoms with Gasteiger partial charge in [0.15, 0.2) is 0 Å². The Bertz CT molecular complexity index is 344. The van der Waals surface area contributed by atoms with Gasteiger partial charge >= 0.3 is 0 Å². The number of methoxy groups -OCH3 is 1. The van der Waals surface area contributed by atoms with E-state index in [2.05, 4.69) is 5.10 Å². The first-order valence-corrected chi connectivity index (χ1v) is 6.49. The van der Waals surface area contributed by atoms with Gasteiger partial charge in [-0.15, -0.1) is 0 Å². The van der Waals surface area contributed by atoms with Gasteiger partial charge in [0.1, 0.15) is 0 Å². The number of hydrogen-bond acceptors (Lipinski definition) is 3. The first-order chi connectivity index (χ1) is 8.22. The van der Waals surface area contributed by atoms with E-state index in [0.717, 1.165) is 5.56 Å². The molecule has 2 atom stereocenters. The molecule has 0 aromatic carbocycles. The second-order valence-corrected chi connectivity index (χ2v) is 5.07. The van der Waals surface area contributed by atoms with E-state index in [4.69, 9.17) is 10.5 Å². The van der Waals surface area contributed by atoms with Gasteiger partial charge in [-0.2, -0.15) is 5.10 Å². The first-order valence-electron chi connectivity index (χ1n) is 6.49. The lowest BCUT2D eigenvalue weighted by molar-refractivity contribution is 0.0173. The molecule has 0 radical (unpaired) electrons. The van der Waals surface area contributed by atoms with Crippen molar-refractivity contribution in [2.75, 3.05) is 7.11 Å². The van der Waals surface area contributed by atoms with Crippen LogP contribution in [0, 0.1) is 5.92 Å². The Kier molecular flexibility index (Phi) is 4.18. The number of nitrogens with two attached hydrogens (primary N) is 1. The van der Waals surface area contributed by atoms with Crippen LogP contribution in [0.1, 0.15) is 43.7 Å². The Hall–Kier alpha value is -0.870. The van der Waals surface area contributed by atoms with Crippen molar-refractivity contribution in [3.63, 3.8) is 0 Å². The maximum absolute atomic E-state index is 6.32. The summed E-state index contributed by atoms with van der Waals surface area (Å²) >= 11 is 0. The molecule has 0 aliphatic heterocycles. The molecule has 0 spiro atoms. The molecular formula is C13H23N3O. The molecule has 1 aliphatic rings. The average Bonchev–Trinajstić information content (AvgIpc) is 2.78. The van der Waals surface area contributed by atoms with Crippen molar-refractivity contribution < 1.29 is 4.74 Å². The largest absolute Gasteiger partial charge is 0.379 e. The summed E-state index contributed by atoms with van der Waals surface area (Å²) in [5, 5.41) is 4.18. The molecule has 2 rings (SSSR count). The lowest BCUT2D eigenvalue weighted by Gasteiger charge is -2.32. The number of aromatic nitrogens is 2. The average molecular weight is 237 g/mol. The molecule has 0 amide bonds. The summed E-state index contributed by atoms with van der Waals surface area (Å²) in [5.74, 6) is 0.601. The number of hydrogen-bond donors (Lipinski definition) is 1. The SMILES string of the molecule is COC(C1CCCCC1)C(N)c1cnn(C)c1. The van der Waals surface area contributed by atoms with E-state index in [1.165, 1.54) is 32.1 Å². The number of aryl methyl sites for hydroxylation is 1. The fourth-order valence-corrected chi connectivity index (χ4v) is 2.90. The van der Waals surface area contributed by atoms with Crippen LogP contribution in [0.3, 0.4) is 0 Å². The Morgan fingerprint density at radius 1 is 1.41 bits per heavy atom. The van der Waals surface area contributed by atoms with E-state index in [1.807, 2.05) is 19.4 Å². The smallest absolute Gasteiger partial charge is 0.0793 e. The van der Waals surface area contributed by atoms with Gasteiger partial charge < -0.3 is 10.5 Å². The highest BCUT2D eigenvalue weighted by Gasteiger charge is 2.29. The molecule has 1 heterocycles. The monoisotopic (exact) mass is 237 g/mol. The van der Waals surface area contributed by atoms with Crippen LogP contribution in [-0.4, -0.2) is 23.0 Å². The van der Waals surface area contributed by atoms with Crippen LogP contribution in [-0.2, 0) is 11.8 Å². The molecular weight excluding hydrogens is 214 g/mol. The second kappa shape index (κ2) is 5.65. The molecule has 2 unspecified atom stereocenters. The lowest BCUT2D eigenvalue weighted by Crippen LogP contribution is -2.35. The molecule has 1 saturated carbocycles. The van der Waals surface area contributed by atoms with E-state index < -0.39 is 0 Å². The third-order valence-electron chi connectivity index (χ3n) is 3.85. The van der Waals surface area contributed by atoms with E-state index in [9.17, 15) is 0 Å². The molecule has 1 aliphatic carbocycles. The van der Waals surface area contributed by atoms with Crippen LogP contribution in [0.25, 0.3) is 0 Å². The van der Waals surface area contributed by atoms with E-state index in [-0.39, 0.29) is 12.1 Å². The Balaban J connectivity index is 2.06. The van der Waals surface area contributed by atoms with E-state index in [0.29, 0.717) is 5.92 Å². The number of rotatable bonds is 4. The predicted octanol–water partition coefficient (Wildman–Crippen LogP) is 2.02. The minimum Gasteiger partial charge on any atom is -0.379 e. The summed E-state index contributed by atoms with van der Waals surface area (Å²) in [6, 6.07) is -0.0585. The molecule has 96 valence electrons. The molecule has 0 saturated heterocycles. The fraction of sp³-hybridized carbons (Fsp3) is 0.769. The quantitative estimate of drug-likeness (QED) is 0.871. The molecule has 4 heteroatoms. The van der Waals surface area contributed by atoms with Gasteiger partial charge in [-0.25, -0.2) is 0 Å². The maximum Gasteiger partial charge on any atom is 0.0793 e. The summed E-state index contributed by atoms with van der Waals surface area (Å²) in [7, 11) is 3.69. The van der Waals surface area contributed by atoms with Gasteiger partial charge in [-0.1, -0.05) is 19.3 Å². The first kappa shape index (κ1) is 12.6. The van der Waals surface area contributed by atoms with Crippen molar-refractivity contribution in [2.45, 2.75) is 44.2 Å². The Labute approximate surface area is 103 Å². The molecule has 1 fully saturated rings. The zero-order chi connectivity index (χ0) is 12.3. The Morgan fingerprint density at radius 2 is 2.12 bits per heavy atom. The molecule has 1 aromatic heterocycles. The van der Waals surface area contributed by atoms with Gasteiger partial charge in [0.25, 0.3) is 0 Å². The summed E-state index contributed by atoms with van der Waals surface area (Å²) in [5.41, 5.74) is 7.39. The van der Waals surface area contributed by atoms with Crippen molar-refractivity contribution in [3.8, 4) is 0 Å². The maximum atomic E-state index is 6.32.